The third-order valence-electron chi connectivity index (χ3n) is 4.66. The maximum Gasteiger partial charge on any atom is 0.315 e. The second kappa shape index (κ2) is 6.05. The van der Waals surface area contributed by atoms with Gasteiger partial charge in [-0.15, -0.1) is 5.10 Å². The van der Waals surface area contributed by atoms with E-state index in [9.17, 15) is 4.79 Å². The topological polar surface area (TPSA) is 84.7 Å². The number of nitrogens with one attached hydrogen (secondary N) is 2. The van der Waals surface area contributed by atoms with Crippen LogP contribution in [0.3, 0.4) is 0 Å². The smallest absolute Gasteiger partial charge is 0.315 e. The van der Waals surface area contributed by atoms with Crippen LogP contribution in [0.1, 0.15) is 61.3 Å². The molecular formula is C16H19ClN6O. The fraction of sp³-hybridized carbons (Fsp3) is 0.500. The molecule has 0 spiro atoms. The lowest BCUT2D eigenvalue weighted by atomic mass is 10.1. The van der Waals surface area contributed by atoms with E-state index in [1.165, 1.54) is 0 Å². The van der Waals surface area contributed by atoms with Gasteiger partial charge in [0, 0.05) is 5.02 Å². The first-order chi connectivity index (χ1) is 11.6. The molecule has 4 rings (SSSR count). The predicted molar refractivity (Wildman–Crippen MR) is 88.7 cm³/mol. The normalized spacial score (nSPS) is 20.5. The first-order valence-corrected chi connectivity index (χ1v) is 8.63. The van der Waals surface area contributed by atoms with Crippen LogP contribution in [0, 0.1) is 0 Å². The van der Waals surface area contributed by atoms with Gasteiger partial charge in [-0.3, -0.25) is 0 Å². The Bertz CT molecular complexity index is 772. The molecule has 2 aliphatic rings. The van der Waals surface area contributed by atoms with Gasteiger partial charge in [-0.1, -0.05) is 23.7 Å². The number of benzene rings is 1. The number of carbonyl (C=O) groups is 1. The third-order valence-corrected chi connectivity index (χ3v) is 5.02. The van der Waals surface area contributed by atoms with Gasteiger partial charge in [0.25, 0.3) is 0 Å². The molecule has 1 aromatic carbocycles. The third kappa shape index (κ3) is 2.84. The van der Waals surface area contributed by atoms with Gasteiger partial charge in [0.2, 0.25) is 0 Å². The summed E-state index contributed by atoms with van der Waals surface area (Å²) in [6, 6.07) is 5.74. The van der Waals surface area contributed by atoms with E-state index in [1.807, 2.05) is 29.8 Å². The van der Waals surface area contributed by atoms with E-state index in [1.54, 1.807) is 0 Å². The Kier molecular flexibility index (Phi) is 3.88. The first-order valence-electron chi connectivity index (χ1n) is 8.25. The number of carbonyl (C=O) groups excluding carboxylic acids is 1. The summed E-state index contributed by atoms with van der Waals surface area (Å²) in [4.78, 5) is 12.4. The summed E-state index contributed by atoms with van der Waals surface area (Å²) < 4.78 is 1.82. The zero-order valence-electron chi connectivity index (χ0n) is 13.4. The van der Waals surface area contributed by atoms with Gasteiger partial charge in [-0.25, -0.2) is 9.48 Å². The van der Waals surface area contributed by atoms with Crippen molar-refractivity contribution < 1.29 is 4.79 Å². The highest BCUT2D eigenvalue weighted by Gasteiger charge is 2.30. The van der Waals surface area contributed by atoms with Crippen LogP contribution in [0.5, 0.6) is 0 Å². The summed E-state index contributed by atoms with van der Waals surface area (Å²) in [7, 11) is 0. The Balaban J connectivity index is 1.41. The van der Waals surface area contributed by atoms with Gasteiger partial charge in [0.05, 0.1) is 18.1 Å². The molecular weight excluding hydrogens is 328 g/mol. The minimum atomic E-state index is -0.249. The van der Waals surface area contributed by atoms with Crippen molar-refractivity contribution in [2.45, 2.75) is 50.7 Å². The van der Waals surface area contributed by atoms with Gasteiger partial charge in [-0.2, -0.15) is 0 Å². The quantitative estimate of drug-likeness (QED) is 0.891. The lowest BCUT2D eigenvalue weighted by Gasteiger charge is -2.18. The standard InChI is InChI=1S/C16H19ClN6O/c1-9(15-20-21-22-23(15)10-5-6-10)18-16(24)19-14-8-7-11-12(14)3-2-4-13(11)17/h2-4,9-10,14H,5-8H2,1H3,(H2,18,19,24). The number of tetrazole rings is 1. The fourth-order valence-electron chi connectivity index (χ4n) is 3.29. The zero-order chi connectivity index (χ0) is 16.7. The molecule has 0 bridgehead atoms. The van der Waals surface area contributed by atoms with E-state index in [0.717, 1.165) is 41.8 Å². The molecule has 0 radical (unpaired) electrons. The Morgan fingerprint density at radius 3 is 3.00 bits per heavy atom. The van der Waals surface area contributed by atoms with E-state index in [-0.39, 0.29) is 18.1 Å². The molecule has 7 nitrogen and oxygen atoms in total. The number of rotatable bonds is 4. The maximum atomic E-state index is 12.4. The number of aromatic nitrogens is 4. The number of hydrogen-bond donors (Lipinski definition) is 2. The van der Waals surface area contributed by atoms with Crippen molar-refractivity contribution in [3.8, 4) is 0 Å². The molecule has 0 aliphatic heterocycles. The van der Waals surface area contributed by atoms with Crippen molar-refractivity contribution >= 4 is 17.6 Å². The van der Waals surface area contributed by atoms with Crippen molar-refractivity contribution in [1.82, 2.24) is 30.8 Å². The molecule has 24 heavy (non-hydrogen) atoms. The monoisotopic (exact) mass is 346 g/mol. The van der Waals surface area contributed by atoms with Crippen LogP contribution in [-0.4, -0.2) is 26.2 Å². The number of amides is 2. The van der Waals surface area contributed by atoms with Gasteiger partial charge < -0.3 is 10.6 Å². The van der Waals surface area contributed by atoms with Crippen LogP contribution >= 0.6 is 11.6 Å². The fourth-order valence-corrected chi connectivity index (χ4v) is 3.56. The lowest BCUT2D eigenvalue weighted by molar-refractivity contribution is 0.233. The van der Waals surface area contributed by atoms with E-state index in [4.69, 9.17) is 11.6 Å². The van der Waals surface area contributed by atoms with Crippen LogP contribution in [0.15, 0.2) is 18.2 Å². The van der Waals surface area contributed by atoms with Crippen molar-refractivity contribution in [2.24, 2.45) is 0 Å². The van der Waals surface area contributed by atoms with Crippen molar-refractivity contribution in [2.75, 3.05) is 0 Å². The summed E-state index contributed by atoms with van der Waals surface area (Å²) >= 11 is 6.22. The molecule has 2 unspecified atom stereocenters. The molecule has 8 heteroatoms. The molecule has 1 saturated carbocycles. The number of nitrogens with zero attached hydrogens (tertiary/aromatic N) is 4. The highest BCUT2D eigenvalue weighted by atomic mass is 35.5. The van der Waals surface area contributed by atoms with Gasteiger partial charge in [0.15, 0.2) is 5.82 Å². The van der Waals surface area contributed by atoms with Gasteiger partial charge in [0.1, 0.15) is 0 Å². The Hall–Kier alpha value is -2.15. The maximum absolute atomic E-state index is 12.4. The summed E-state index contributed by atoms with van der Waals surface area (Å²) in [5.74, 6) is 0.697. The molecule has 1 aromatic heterocycles. The zero-order valence-corrected chi connectivity index (χ0v) is 14.1. The molecule has 2 atom stereocenters. The van der Waals surface area contributed by atoms with Crippen LogP contribution in [-0.2, 0) is 6.42 Å². The number of halogens is 1. The number of urea groups is 1. The van der Waals surface area contributed by atoms with Crippen molar-refractivity contribution in [3.63, 3.8) is 0 Å². The Labute approximate surface area is 144 Å². The highest BCUT2D eigenvalue weighted by Crippen LogP contribution is 2.36. The highest BCUT2D eigenvalue weighted by molar-refractivity contribution is 6.31. The SMILES string of the molecule is CC(NC(=O)NC1CCc2c(Cl)cccc21)c1nnnn1C1CC1. The molecule has 2 amide bonds. The van der Waals surface area contributed by atoms with Crippen LogP contribution in [0.25, 0.3) is 0 Å². The van der Waals surface area contributed by atoms with Crippen molar-refractivity contribution in [3.05, 3.63) is 40.2 Å². The Morgan fingerprint density at radius 1 is 1.38 bits per heavy atom. The van der Waals surface area contributed by atoms with Gasteiger partial charge >= 0.3 is 6.03 Å². The minimum absolute atomic E-state index is 0.00896. The summed E-state index contributed by atoms with van der Waals surface area (Å²) in [5.41, 5.74) is 2.24. The first kappa shape index (κ1) is 15.4. The largest absolute Gasteiger partial charge is 0.331 e. The summed E-state index contributed by atoms with van der Waals surface area (Å²) in [6.45, 7) is 1.89. The van der Waals surface area contributed by atoms with Crippen molar-refractivity contribution in [1.29, 1.82) is 0 Å². The van der Waals surface area contributed by atoms with E-state index in [2.05, 4.69) is 26.2 Å². The second-order valence-corrected chi connectivity index (χ2v) is 6.86. The molecule has 1 fully saturated rings. The molecule has 2 N–H and O–H groups in total. The molecule has 2 aromatic rings. The van der Waals surface area contributed by atoms with Gasteiger partial charge in [-0.05, 0) is 60.2 Å². The number of hydrogen-bond acceptors (Lipinski definition) is 4. The second-order valence-electron chi connectivity index (χ2n) is 6.45. The average molecular weight is 347 g/mol. The molecule has 126 valence electrons. The van der Waals surface area contributed by atoms with E-state index in [0.29, 0.717) is 11.9 Å². The molecule has 1 heterocycles. The van der Waals surface area contributed by atoms with Crippen LogP contribution in [0.4, 0.5) is 4.79 Å². The van der Waals surface area contributed by atoms with E-state index >= 15 is 0 Å². The van der Waals surface area contributed by atoms with Crippen LogP contribution in [0.2, 0.25) is 5.02 Å². The lowest BCUT2D eigenvalue weighted by Crippen LogP contribution is -2.39. The molecule has 2 aliphatic carbocycles. The van der Waals surface area contributed by atoms with E-state index < -0.39 is 0 Å². The summed E-state index contributed by atoms with van der Waals surface area (Å²) in [5, 5.41) is 18.5. The minimum Gasteiger partial charge on any atom is -0.331 e. The summed E-state index contributed by atoms with van der Waals surface area (Å²) in [6.07, 6.45) is 3.93. The number of fused-ring (bicyclic) bond motifs is 1. The van der Waals surface area contributed by atoms with Crippen LogP contribution < -0.4 is 10.6 Å². The Morgan fingerprint density at radius 2 is 2.21 bits per heavy atom. The molecule has 0 saturated heterocycles. The predicted octanol–water partition coefficient (Wildman–Crippen LogP) is 2.71. The average Bonchev–Trinajstić information content (AvgIpc) is 3.13.